The van der Waals surface area contributed by atoms with Crippen molar-refractivity contribution in [2.45, 2.75) is 6.54 Å². The van der Waals surface area contributed by atoms with E-state index in [-0.39, 0.29) is 0 Å². The first-order chi connectivity index (χ1) is 13.1. The van der Waals surface area contributed by atoms with Crippen molar-refractivity contribution >= 4 is 28.8 Å². The third-order valence-corrected chi connectivity index (χ3v) is 4.43. The topological polar surface area (TPSA) is 61.3 Å². The molecule has 0 aromatic heterocycles. The zero-order valence-corrected chi connectivity index (χ0v) is 17.8. The van der Waals surface area contributed by atoms with Crippen molar-refractivity contribution in [3.63, 3.8) is 0 Å². The van der Waals surface area contributed by atoms with E-state index in [0.29, 0.717) is 36.1 Å². The zero-order chi connectivity index (χ0) is 19.6. The predicted molar refractivity (Wildman–Crippen MR) is 115 cm³/mol. The highest BCUT2D eigenvalue weighted by Gasteiger charge is 2.10. The largest absolute Gasteiger partial charge is 0.493 e. The standard InChI is InChI=1S/C20H23IN2O4/c1-5-8-27-20-16(21)9-15(11-19(20)26-4)13-23-22-12-14-6-7-17(24-2)18(10-14)25-3/h5-7,9-11,13,22H,1,8,12H2,2-4H3/b23-13+. The number of hydrogen-bond donors (Lipinski definition) is 1. The lowest BCUT2D eigenvalue weighted by Crippen LogP contribution is -2.06. The third kappa shape index (κ3) is 5.78. The summed E-state index contributed by atoms with van der Waals surface area (Å²) in [7, 11) is 4.84. The van der Waals surface area contributed by atoms with Crippen LogP contribution in [0.4, 0.5) is 0 Å². The smallest absolute Gasteiger partial charge is 0.174 e. The van der Waals surface area contributed by atoms with Gasteiger partial charge >= 0.3 is 0 Å². The van der Waals surface area contributed by atoms with Crippen LogP contribution < -0.4 is 24.4 Å². The van der Waals surface area contributed by atoms with Gasteiger partial charge in [-0.3, -0.25) is 0 Å². The van der Waals surface area contributed by atoms with Gasteiger partial charge in [-0.15, -0.1) is 0 Å². The summed E-state index contributed by atoms with van der Waals surface area (Å²) in [4.78, 5) is 0. The average Bonchev–Trinajstić information content (AvgIpc) is 2.69. The van der Waals surface area contributed by atoms with Crippen molar-refractivity contribution < 1.29 is 18.9 Å². The maximum atomic E-state index is 5.65. The maximum absolute atomic E-state index is 5.65. The Balaban J connectivity index is 2.04. The second-order valence-corrected chi connectivity index (χ2v) is 6.58. The van der Waals surface area contributed by atoms with Gasteiger partial charge in [-0.25, -0.2) is 0 Å². The lowest BCUT2D eigenvalue weighted by molar-refractivity contribution is 0.324. The molecule has 0 spiro atoms. The van der Waals surface area contributed by atoms with E-state index in [2.05, 4.69) is 39.7 Å². The van der Waals surface area contributed by atoms with Crippen molar-refractivity contribution in [2.75, 3.05) is 27.9 Å². The van der Waals surface area contributed by atoms with E-state index in [1.165, 1.54) is 0 Å². The minimum atomic E-state index is 0.423. The van der Waals surface area contributed by atoms with Gasteiger partial charge in [0.1, 0.15) is 6.61 Å². The Morgan fingerprint density at radius 2 is 1.78 bits per heavy atom. The number of nitrogens with zero attached hydrogens (tertiary/aromatic N) is 1. The summed E-state index contributed by atoms with van der Waals surface area (Å²) in [5.74, 6) is 2.75. The Bertz CT molecular complexity index is 809. The molecule has 2 rings (SSSR count). The molecule has 0 bridgehead atoms. The Kier molecular flexibility index (Phi) is 8.25. The molecule has 0 aliphatic heterocycles. The van der Waals surface area contributed by atoms with Gasteiger partial charge in [-0.05, 0) is 58.0 Å². The molecule has 27 heavy (non-hydrogen) atoms. The molecule has 0 saturated carbocycles. The number of nitrogens with one attached hydrogen (secondary N) is 1. The summed E-state index contributed by atoms with van der Waals surface area (Å²) in [5.41, 5.74) is 4.97. The SMILES string of the molecule is C=CCOc1c(I)cc(/C=N/NCc2ccc(OC)c(OC)c2)cc1OC. The number of hydrazone groups is 1. The molecule has 0 fully saturated rings. The first-order valence-electron chi connectivity index (χ1n) is 8.21. The predicted octanol–water partition coefficient (Wildman–Crippen LogP) is 4.01. The second-order valence-electron chi connectivity index (χ2n) is 5.42. The van der Waals surface area contributed by atoms with Crippen LogP contribution in [0.3, 0.4) is 0 Å². The van der Waals surface area contributed by atoms with Gasteiger partial charge in [-0.1, -0.05) is 18.7 Å². The zero-order valence-electron chi connectivity index (χ0n) is 15.6. The third-order valence-electron chi connectivity index (χ3n) is 3.63. The van der Waals surface area contributed by atoms with Gasteiger partial charge in [0.15, 0.2) is 23.0 Å². The molecule has 2 aromatic rings. The fraction of sp³-hybridized carbons (Fsp3) is 0.250. The van der Waals surface area contributed by atoms with Crippen molar-refractivity contribution in [3.05, 3.63) is 57.7 Å². The van der Waals surface area contributed by atoms with Crippen LogP contribution >= 0.6 is 22.6 Å². The Morgan fingerprint density at radius 3 is 2.44 bits per heavy atom. The van der Waals surface area contributed by atoms with Gasteiger partial charge < -0.3 is 24.4 Å². The van der Waals surface area contributed by atoms with Gasteiger partial charge in [0.05, 0.1) is 37.7 Å². The summed E-state index contributed by atoms with van der Waals surface area (Å²) in [6.45, 7) is 4.65. The maximum Gasteiger partial charge on any atom is 0.174 e. The minimum absolute atomic E-state index is 0.423. The van der Waals surface area contributed by atoms with Crippen LogP contribution in [0, 0.1) is 3.57 Å². The van der Waals surface area contributed by atoms with Crippen molar-refractivity contribution in [3.8, 4) is 23.0 Å². The second kappa shape index (κ2) is 10.7. The minimum Gasteiger partial charge on any atom is -0.493 e. The highest BCUT2D eigenvalue weighted by atomic mass is 127. The number of methoxy groups -OCH3 is 3. The van der Waals surface area contributed by atoms with Crippen molar-refractivity contribution in [2.24, 2.45) is 5.10 Å². The Labute approximate surface area is 173 Å². The molecule has 0 aliphatic rings. The molecular weight excluding hydrogens is 459 g/mol. The fourth-order valence-corrected chi connectivity index (χ4v) is 3.13. The van der Waals surface area contributed by atoms with E-state index in [1.807, 2.05) is 30.3 Å². The number of rotatable bonds is 10. The lowest BCUT2D eigenvalue weighted by atomic mass is 10.2. The molecular formula is C20H23IN2O4. The van der Waals surface area contributed by atoms with E-state index in [0.717, 1.165) is 14.7 Å². The van der Waals surface area contributed by atoms with Gasteiger partial charge in [0, 0.05) is 0 Å². The molecule has 1 N–H and O–H groups in total. The summed E-state index contributed by atoms with van der Waals surface area (Å²) in [6, 6.07) is 9.60. The molecule has 0 heterocycles. The molecule has 0 aliphatic carbocycles. The monoisotopic (exact) mass is 482 g/mol. The van der Waals surface area contributed by atoms with E-state index in [4.69, 9.17) is 18.9 Å². The van der Waals surface area contributed by atoms with Crippen LogP contribution in [0.25, 0.3) is 0 Å². The molecule has 7 heteroatoms. The normalized spacial score (nSPS) is 10.5. The van der Waals surface area contributed by atoms with E-state index >= 15 is 0 Å². The first-order valence-corrected chi connectivity index (χ1v) is 9.28. The lowest BCUT2D eigenvalue weighted by Gasteiger charge is -2.12. The molecule has 0 saturated heterocycles. The molecule has 144 valence electrons. The molecule has 0 radical (unpaired) electrons. The van der Waals surface area contributed by atoms with Crippen LogP contribution in [-0.4, -0.2) is 34.2 Å². The number of hydrogen-bond acceptors (Lipinski definition) is 6. The van der Waals surface area contributed by atoms with Crippen molar-refractivity contribution in [1.29, 1.82) is 0 Å². The van der Waals surface area contributed by atoms with Crippen molar-refractivity contribution in [1.82, 2.24) is 5.43 Å². The van der Waals surface area contributed by atoms with Gasteiger partial charge in [0.25, 0.3) is 0 Å². The molecule has 0 unspecified atom stereocenters. The summed E-state index contributed by atoms with van der Waals surface area (Å²) in [6.07, 6.45) is 3.44. The number of halogens is 1. The summed E-state index contributed by atoms with van der Waals surface area (Å²) >= 11 is 2.21. The van der Waals surface area contributed by atoms with E-state index < -0.39 is 0 Å². The average molecular weight is 482 g/mol. The number of ether oxygens (including phenoxy) is 4. The van der Waals surface area contributed by atoms with E-state index in [1.54, 1.807) is 33.6 Å². The number of benzene rings is 2. The van der Waals surface area contributed by atoms with Crippen LogP contribution in [0.1, 0.15) is 11.1 Å². The Morgan fingerprint density at radius 1 is 1.04 bits per heavy atom. The highest BCUT2D eigenvalue weighted by Crippen LogP contribution is 2.33. The van der Waals surface area contributed by atoms with Crippen LogP contribution in [0.2, 0.25) is 0 Å². The molecule has 0 amide bonds. The van der Waals surface area contributed by atoms with Gasteiger partial charge in [-0.2, -0.15) is 5.10 Å². The summed E-state index contributed by atoms with van der Waals surface area (Å²) in [5, 5.41) is 4.28. The van der Waals surface area contributed by atoms with Gasteiger partial charge in [0.2, 0.25) is 0 Å². The van der Waals surface area contributed by atoms with Crippen LogP contribution in [-0.2, 0) is 6.54 Å². The van der Waals surface area contributed by atoms with Crippen LogP contribution in [0.15, 0.2) is 48.1 Å². The highest BCUT2D eigenvalue weighted by molar-refractivity contribution is 14.1. The molecule has 2 aromatic carbocycles. The summed E-state index contributed by atoms with van der Waals surface area (Å²) < 4.78 is 22.6. The fourth-order valence-electron chi connectivity index (χ4n) is 2.34. The first kappa shape index (κ1) is 20.9. The Hall–Kier alpha value is -2.42. The quantitative estimate of drug-likeness (QED) is 0.240. The van der Waals surface area contributed by atoms with Crippen LogP contribution in [0.5, 0.6) is 23.0 Å². The molecule has 0 atom stereocenters. The molecule has 6 nitrogen and oxygen atoms in total. The van der Waals surface area contributed by atoms with E-state index in [9.17, 15) is 0 Å².